The number of nitrogens with zero attached hydrogens (tertiary/aromatic N) is 4. The Labute approximate surface area is 106 Å². The average molecular weight is 244 g/mol. The summed E-state index contributed by atoms with van der Waals surface area (Å²) in [7, 11) is 1.94. The zero-order valence-corrected chi connectivity index (χ0v) is 10.2. The van der Waals surface area contributed by atoms with E-state index in [0.717, 1.165) is 18.2 Å². The molecule has 0 aliphatic rings. The number of anilines is 3. The van der Waals surface area contributed by atoms with Gasteiger partial charge in [-0.1, -0.05) is 6.07 Å². The fourth-order valence-electron chi connectivity index (χ4n) is 1.50. The van der Waals surface area contributed by atoms with Crippen LogP contribution in [0, 0.1) is 0 Å². The molecule has 6 nitrogen and oxygen atoms in total. The highest BCUT2D eigenvalue weighted by Gasteiger charge is 2.03. The molecular weight excluding hydrogens is 228 g/mol. The molecule has 0 saturated heterocycles. The zero-order valence-electron chi connectivity index (χ0n) is 10.2. The molecule has 6 heteroatoms. The SMILES string of the molecule is CN(CCN)c1cc(Nc2ccccn2)ncn1. The molecule has 0 unspecified atom stereocenters. The molecule has 0 spiro atoms. The van der Waals surface area contributed by atoms with Crippen LogP contribution >= 0.6 is 0 Å². The Kier molecular flexibility index (Phi) is 4.03. The molecule has 94 valence electrons. The van der Waals surface area contributed by atoms with Gasteiger partial charge in [0.1, 0.15) is 23.8 Å². The lowest BCUT2D eigenvalue weighted by Crippen LogP contribution is -2.25. The smallest absolute Gasteiger partial charge is 0.137 e. The van der Waals surface area contributed by atoms with Crippen molar-refractivity contribution in [2.24, 2.45) is 5.73 Å². The van der Waals surface area contributed by atoms with Crippen molar-refractivity contribution < 1.29 is 0 Å². The summed E-state index contributed by atoms with van der Waals surface area (Å²) >= 11 is 0. The van der Waals surface area contributed by atoms with Crippen LogP contribution in [0.2, 0.25) is 0 Å². The van der Waals surface area contributed by atoms with Crippen LogP contribution in [0.15, 0.2) is 36.8 Å². The van der Waals surface area contributed by atoms with Gasteiger partial charge in [0.15, 0.2) is 0 Å². The Bertz CT molecular complexity index is 487. The van der Waals surface area contributed by atoms with Crippen molar-refractivity contribution in [3.8, 4) is 0 Å². The average Bonchev–Trinajstić information content (AvgIpc) is 2.40. The summed E-state index contributed by atoms with van der Waals surface area (Å²) in [4.78, 5) is 14.5. The second kappa shape index (κ2) is 5.92. The molecule has 2 aromatic heterocycles. The first-order chi connectivity index (χ1) is 8.79. The highest BCUT2D eigenvalue weighted by molar-refractivity contribution is 5.55. The molecule has 0 aromatic carbocycles. The molecule has 0 atom stereocenters. The minimum absolute atomic E-state index is 0.587. The Morgan fingerprint density at radius 2 is 2.11 bits per heavy atom. The van der Waals surface area contributed by atoms with Crippen LogP contribution in [0.4, 0.5) is 17.5 Å². The summed E-state index contributed by atoms with van der Waals surface area (Å²) in [5.74, 6) is 2.29. The summed E-state index contributed by atoms with van der Waals surface area (Å²) in [5.41, 5.74) is 5.52. The molecule has 2 rings (SSSR count). The highest BCUT2D eigenvalue weighted by Crippen LogP contribution is 2.15. The number of aromatic nitrogens is 3. The molecule has 2 heterocycles. The Morgan fingerprint density at radius 1 is 1.22 bits per heavy atom. The third kappa shape index (κ3) is 3.14. The lowest BCUT2D eigenvalue weighted by Gasteiger charge is -2.17. The van der Waals surface area contributed by atoms with E-state index in [4.69, 9.17) is 5.73 Å². The van der Waals surface area contributed by atoms with Gasteiger partial charge >= 0.3 is 0 Å². The van der Waals surface area contributed by atoms with E-state index in [-0.39, 0.29) is 0 Å². The first kappa shape index (κ1) is 12.3. The summed E-state index contributed by atoms with van der Waals surface area (Å²) in [6.07, 6.45) is 3.25. The van der Waals surface area contributed by atoms with Crippen molar-refractivity contribution in [3.63, 3.8) is 0 Å². The Hall–Kier alpha value is -2.21. The minimum atomic E-state index is 0.587. The number of nitrogens with one attached hydrogen (secondary N) is 1. The molecule has 0 bridgehead atoms. The van der Waals surface area contributed by atoms with Crippen LogP contribution in [0.5, 0.6) is 0 Å². The summed E-state index contributed by atoms with van der Waals surface area (Å²) in [6.45, 7) is 1.34. The van der Waals surface area contributed by atoms with Crippen molar-refractivity contribution in [3.05, 3.63) is 36.8 Å². The second-order valence-electron chi connectivity index (χ2n) is 3.81. The molecule has 0 aliphatic carbocycles. The van der Waals surface area contributed by atoms with E-state index in [9.17, 15) is 0 Å². The fourth-order valence-corrected chi connectivity index (χ4v) is 1.50. The van der Waals surface area contributed by atoms with E-state index in [1.54, 1.807) is 6.20 Å². The topological polar surface area (TPSA) is 80.0 Å². The Morgan fingerprint density at radius 3 is 2.83 bits per heavy atom. The zero-order chi connectivity index (χ0) is 12.8. The van der Waals surface area contributed by atoms with Gasteiger partial charge in [0, 0.05) is 32.4 Å². The minimum Gasteiger partial charge on any atom is -0.358 e. The van der Waals surface area contributed by atoms with Crippen LogP contribution < -0.4 is 16.0 Å². The van der Waals surface area contributed by atoms with E-state index in [1.807, 2.05) is 36.2 Å². The quantitative estimate of drug-likeness (QED) is 0.817. The van der Waals surface area contributed by atoms with Gasteiger partial charge in [-0.2, -0.15) is 0 Å². The standard InChI is InChI=1S/C12H16N6/c1-18(7-5-13)12-8-11(15-9-16-12)17-10-4-2-3-6-14-10/h2-4,6,8-9H,5,7,13H2,1H3,(H,14,15,16,17). The van der Waals surface area contributed by atoms with Crippen molar-refractivity contribution in [2.75, 3.05) is 30.4 Å². The Balaban J connectivity index is 2.12. The molecule has 2 aromatic rings. The lowest BCUT2D eigenvalue weighted by molar-refractivity contribution is 0.864. The van der Waals surface area contributed by atoms with Gasteiger partial charge in [-0.15, -0.1) is 0 Å². The van der Waals surface area contributed by atoms with E-state index >= 15 is 0 Å². The van der Waals surface area contributed by atoms with Crippen molar-refractivity contribution in [1.29, 1.82) is 0 Å². The maximum Gasteiger partial charge on any atom is 0.137 e. The van der Waals surface area contributed by atoms with Gasteiger partial charge in [0.05, 0.1) is 0 Å². The molecule has 0 amide bonds. The maximum absolute atomic E-state index is 5.52. The van der Waals surface area contributed by atoms with E-state index in [0.29, 0.717) is 12.4 Å². The van der Waals surface area contributed by atoms with Crippen LogP contribution in [0.1, 0.15) is 0 Å². The number of hydrogen-bond acceptors (Lipinski definition) is 6. The van der Waals surface area contributed by atoms with Crippen molar-refractivity contribution in [1.82, 2.24) is 15.0 Å². The number of rotatable bonds is 5. The highest BCUT2D eigenvalue weighted by atomic mass is 15.2. The molecule has 18 heavy (non-hydrogen) atoms. The molecule has 0 aliphatic heterocycles. The van der Waals surface area contributed by atoms with Gasteiger partial charge < -0.3 is 16.0 Å². The van der Waals surface area contributed by atoms with Crippen LogP contribution in [0.25, 0.3) is 0 Å². The van der Waals surface area contributed by atoms with Gasteiger partial charge in [0.25, 0.3) is 0 Å². The van der Waals surface area contributed by atoms with Crippen LogP contribution in [0.3, 0.4) is 0 Å². The fraction of sp³-hybridized carbons (Fsp3) is 0.250. The maximum atomic E-state index is 5.52. The third-order valence-corrected chi connectivity index (χ3v) is 2.43. The van der Waals surface area contributed by atoms with Gasteiger partial charge in [-0.05, 0) is 12.1 Å². The first-order valence-corrected chi connectivity index (χ1v) is 5.71. The summed E-state index contributed by atoms with van der Waals surface area (Å²) in [6, 6.07) is 7.53. The van der Waals surface area contributed by atoms with Crippen molar-refractivity contribution in [2.45, 2.75) is 0 Å². The third-order valence-electron chi connectivity index (χ3n) is 2.43. The van der Waals surface area contributed by atoms with E-state index < -0.39 is 0 Å². The molecule has 0 saturated carbocycles. The monoisotopic (exact) mass is 244 g/mol. The first-order valence-electron chi connectivity index (χ1n) is 5.71. The number of nitrogens with two attached hydrogens (primary N) is 1. The number of hydrogen-bond donors (Lipinski definition) is 2. The van der Waals surface area contributed by atoms with Gasteiger partial charge in [-0.25, -0.2) is 15.0 Å². The van der Waals surface area contributed by atoms with E-state index in [1.165, 1.54) is 6.33 Å². The molecule has 0 radical (unpaired) electrons. The van der Waals surface area contributed by atoms with Gasteiger partial charge in [-0.3, -0.25) is 0 Å². The largest absolute Gasteiger partial charge is 0.358 e. The van der Waals surface area contributed by atoms with Crippen LogP contribution in [-0.4, -0.2) is 35.1 Å². The van der Waals surface area contributed by atoms with Gasteiger partial charge in [0.2, 0.25) is 0 Å². The molecule has 3 N–H and O–H groups in total. The van der Waals surface area contributed by atoms with Crippen LogP contribution in [-0.2, 0) is 0 Å². The predicted molar refractivity (Wildman–Crippen MR) is 71.9 cm³/mol. The lowest BCUT2D eigenvalue weighted by atomic mass is 10.4. The van der Waals surface area contributed by atoms with Crippen molar-refractivity contribution >= 4 is 17.5 Å². The molecule has 0 fully saturated rings. The molecular formula is C12H16N6. The number of pyridine rings is 1. The normalized spacial score (nSPS) is 10.1. The number of likely N-dealkylation sites (N-methyl/N-ethyl adjacent to an activating group) is 1. The van der Waals surface area contributed by atoms with E-state index in [2.05, 4.69) is 20.3 Å². The second-order valence-corrected chi connectivity index (χ2v) is 3.81. The summed E-state index contributed by atoms with van der Waals surface area (Å²) in [5, 5.41) is 3.12. The summed E-state index contributed by atoms with van der Waals surface area (Å²) < 4.78 is 0. The predicted octanol–water partition coefficient (Wildman–Crippen LogP) is 1.01.